The summed E-state index contributed by atoms with van der Waals surface area (Å²) in [6.45, 7) is 0. The Bertz CT molecular complexity index is 472. The Morgan fingerprint density at radius 1 is 1.41 bits per heavy atom. The van der Waals surface area contributed by atoms with E-state index in [1.807, 2.05) is 0 Å². The van der Waals surface area contributed by atoms with Crippen LogP contribution in [0.3, 0.4) is 0 Å². The Kier molecular flexibility index (Phi) is 3.02. The van der Waals surface area contributed by atoms with E-state index in [9.17, 15) is 14.0 Å². The Morgan fingerprint density at radius 3 is 2.65 bits per heavy atom. The molecule has 1 heterocycles. The molecule has 1 atom stereocenters. The maximum absolute atomic E-state index is 13.1. The summed E-state index contributed by atoms with van der Waals surface area (Å²) in [6.07, 6.45) is 0.0729. The molecule has 1 fully saturated rings. The van der Waals surface area contributed by atoms with Gasteiger partial charge in [0.1, 0.15) is 11.9 Å². The molecule has 2 rings (SSSR count). The quantitative estimate of drug-likeness (QED) is 0.819. The Morgan fingerprint density at radius 2 is 2.12 bits per heavy atom. The molecule has 0 aliphatic carbocycles. The van der Waals surface area contributed by atoms with Gasteiger partial charge in [-0.2, -0.15) is 0 Å². The molecule has 1 aromatic rings. The van der Waals surface area contributed by atoms with Crippen LogP contribution in [-0.2, 0) is 9.59 Å². The Hall–Kier alpha value is -1.62. The molecule has 0 aromatic heterocycles. The standard InChI is InChI=1S/C11H10ClFN2O2/c1-15-10(16)5-9(11(15)17)14-8-3-6(12)2-7(13)4-8/h2-4,9,14H,5H2,1H3. The number of hydrogen-bond donors (Lipinski definition) is 1. The van der Waals surface area contributed by atoms with Crippen molar-refractivity contribution in [1.29, 1.82) is 0 Å². The van der Waals surface area contributed by atoms with E-state index in [0.29, 0.717) is 5.69 Å². The molecule has 1 aromatic carbocycles. The number of likely N-dealkylation sites (N-methyl/N-ethyl adjacent to an activating group) is 1. The van der Waals surface area contributed by atoms with Crippen LogP contribution in [-0.4, -0.2) is 29.8 Å². The molecule has 0 radical (unpaired) electrons. The van der Waals surface area contributed by atoms with Crippen LogP contribution >= 0.6 is 11.6 Å². The second-order valence-electron chi connectivity index (χ2n) is 3.85. The molecule has 90 valence electrons. The lowest BCUT2D eigenvalue weighted by Gasteiger charge is -2.12. The number of anilines is 1. The van der Waals surface area contributed by atoms with Gasteiger partial charge in [0, 0.05) is 17.8 Å². The zero-order valence-corrected chi connectivity index (χ0v) is 9.79. The second kappa shape index (κ2) is 4.33. The summed E-state index contributed by atoms with van der Waals surface area (Å²) in [6, 6.07) is 3.24. The molecule has 2 amide bonds. The van der Waals surface area contributed by atoms with E-state index in [2.05, 4.69) is 5.32 Å². The van der Waals surface area contributed by atoms with Gasteiger partial charge in [0.15, 0.2) is 0 Å². The lowest BCUT2D eigenvalue weighted by atomic mass is 10.2. The summed E-state index contributed by atoms with van der Waals surface area (Å²) in [5.74, 6) is -1.07. The molecule has 4 nitrogen and oxygen atoms in total. The highest BCUT2D eigenvalue weighted by molar-refractivity contribution is 6.30. The molecule has 1 unspecified atom stereocenters. The third kappa shape index (κ3) is 2.39. The van der Waals surface area contributed by atoms with Crippen LogP contribution in [0.4, 0.5) is 10.1 Å². The first-order chi connectivity index (χ1) is 7.97. The largest absolute Gasteiger partial charge is 0.373 e. The normalized spacial score (nSPS) is 19.9. The van der Waals surface area contributed by atoms with Crippen LogP contribution in [0.25, 0.3) is 0 Å². The van der Waals surface area contributed by atoms with E-state index in [0.717, 1.165) is 4.90 Å². The number of carbonyl (C=O) groups excluding carboxylic acids is 2. The van der Waals surface area contributed by atoms with Gasteiger partial charge in [-0.3, -0.25) is 14.5 Å². The van der Waals surface area contributed by atoms with Crippen molar-refractivity contribution in [3.05, 3.63) is 29.0 Å². The second-order valence-corrected chi connectivity index (χ2v) is 4.29. The minimum atomic E-state index is -0.648. The number of benzene rings is 1. The maximum Gasteiger partial charge on any atom is 0.251 e. The average molecular weight is 257 g/mol. The van der Waals surface area contributed by atoms with Crippen LogP contribution in [0, 0.1) is 5.82 Å². The number of hydrogen-bond acceptors (Lipinski definition) is 3. The number of nitrogens with zero attached hydrogens (tertiary/aromatic N) is 1. The number of amides is 2. The molecule has 0 saturated carbocycles. The van der Waals surface area contributed by atoms with Gasteiger partial charge in [0.2, 0.25) is 5.91 Å². The third-order valence-electron chi connectivity index (χ3n) is 2.58. The van der Waals surface area contributed by atoms with Crippen molar-refractivity contribution in [2.45, 2.75) is 12.5 Å². The fraction of sp³-hybridized carbons (Fsp3) is 0.273. The van der Waals surface area contributed by atoms with Crippen LogP contribution in [0.2, 0.25) is 5.02 Å². The predicted molar refractivity (Wildman–Crippen MR) is 61.2 cm³/mol. The summed E-state index contributed by atoms with van der Waals surface area (Å²) in [5, 5.41) is 3.03. The first-order valence-corrected chi connectivity index (χ1v) is 5.38. The minimum Gasteiger partial charge on any atom is -0.373 e. The van der Waals surface area contributed by atoms with Crippen LogP contribution in [0.1, 0.15) is 6.42 Å². The number of likely N-dealkylation sites (tertiary alicyclic amines) is 1. The lowest BCUT2D eigenvalue weighted by Crippen LogP contribution is -2.31. The topological polar surface area (TPSA) is 49.4 Å². The zero-order valence-electron chi connectivity index (χ0n) is 9.04. The maximum atomic E-state index is 13.1. The Balaban J connectivity index is 2.16. The van der Waals surface area contributed by atoms with Crippen molar-refractivity contribution in [3.63, 3.8) is 0 Å². The first-order valence-electron chi connectivity index (χ1n) is 5.00. The summed E-state index contributed by atoms with van der Waals surface area (Å²) in [7, 11) is 1.42. The monoisotopic (exact) mass is 256 g/mol. The van der Waals surface area contributed by atoms with Gasteiger partial charge in [-0.25, -0.2) is 4.39 Å². The number of nitrogens with one attached hydrogen (secondary N) is 1. The molecule has 1 aliphatic rings. The molecular weight excluding hydrogens is 247 g/mol. The average Bonchev–Trinajstić information content (AvgIpc) is 2.45. The number of halogens is 2. The predicted octanol–water partition coefficient (Wildman–Crippen LogP) is 1.65. The highest BCUT2D eigenvalue weighted by Crippen LogP contribution is 2.21. The van der Waals surface area contributed by atoms with E-state index in [1.165, 1.54) is 25.2 Å². The van der Waals surface area contributed by atoms with Crippen molar-refractivity contribution < 1.29 is 14.0 Å². The summed E-state index contributed by atoms with van der Waals surface area (Å²) < 4.78 is 13.1. The summed E-state index contributed by atoms with van der Waals surface area (Å²) in [5.41, 5.74) is 0.386. The molecule has 0 spiro atoms. The van der Waals surface area contributed by atoms with Crippen molar-refractivity contribution in [2.75, 3.05) is 12.4 Å². The molecule has 1 aliphatic heterocycles. The zero-order chi connectivity index (χ0) is 12.6. The number of imide groups is 1. The van der Waals surface area contributed by atoms with Gasteiger partial charge in [0.25, 0.3) is 5.91 Å². The molecule has 1 N–H and O–H groups in total. The summed E-state index contributed by atoms with van der Waals surface area (Å²) >= 11 is 5.69. The smallest absolute Gasteiger partial charge is 0.251 e. The van der Waals surface area contributed by atoms with E-state index < -0.39 is 11.9 Å². The van der Waals surface area contributed by atoms with Crippen LogP contribution in [0.15, 0.2) is 18.2 Å². The van der Waals surface area contributed by atoms with Gasteiger partial charge in [0.05, 0.1) is 6.42 Å². The Labute approximate surface area is 102 Å². The van der Waals surface area contributed by atoms with Gasteiger partial charge in [-0.05, 0) is 18.2 Å². The molecular formula is C11H10ClFN2O2. The number of rotatable bonds is 2. The van der Waals surface area contributed by atoms with Crippen LogP contribution < -0.4 is 5.32 Å². The van der Waals surface area contributed by atoms with E-state index in [1.54, 1.807) is 0 Å². The molecule has 6 heteroatoms. The van der Waals surface area contributed by atoms with E-state index in [-0.39, 0.29) is 23.3 Å². The fourth-order valence-electron chi connectivity index (χ4n) is 1.71. The highest BCUT2D eigenvalue weighted by atomic mass is 35.5. The van der Waals surface area contributed by atoms with Crippen molar-refractivity contribution in [1.82, 2.24) is 4.90 Å². The SMILES string of the molecule is CN1C(=O)CC(Nc2cc(F)cc(Cl)c2)C1=O. The minimum absolute atomic E-state index is 0.0729. The van der Waals surface area contributed by atoms with Gasteiger partial charge < -0.3 is 5.32 Å². The highest BCUT2D eigenvalue weighted by Gasteiger charge is 2.35. The number of carbonyl (C=O) groups is 2. The molecule has 0 bridgehead atoms. The lowest BCUT2D eigenvalue weighted by molar-refractivity contribution is -0.136. The van der Waals surface area contributed by atoms with Gasteiger partial charge in [-0.1, -0.05) is 11.6 Å². The van der Waals surface area contributed by atoms with Crippen molar-refractivity contribution >= 4 is 29.1 Å². The van der Waals surface area contributed by atoms with Gasteiger partial charge in [-0.15, -0.1) is 0 Å². The molecule has 1 saturated heterocycles. The summed E-state index contributed by atoms with van der Waals surface area (Å²) in [4.78, 5) is 23.9. The van der Waals surface area contributed by atoms with Crippen molar-refractivity contribution in [3.8, 4) is 0 Å². The van der Waals surface area contributed by atoms with Gasteiger partial charge >= 0.3 is 0 Å². The van der Waals surface area contributed by atoms with E-state index >= 15 is 0 Å². The van der Waals surface area contributed by atoms with Crippen molar-refractivity contribution in [2.24, 2.45) is 0 Å². The van der Waals surface area contributed by atoms with E-state index in [4.69, 9.17) is 11.6 Å². The first kappa shape index (κ1) is 11.9. The molecule has 17 heavy (non-hydrogen) atoms. The third-order valence-corrected chi connectivity index (χ3v) is 2.80. The fourth-order valence-corrected chi connectivity index (χ4v) is 1.93. The van der Waals surface area contributed by atoms with Crippen LogP contribution in [0.5, 0.6) is 0 Å².